The van der Waals surface area contributed by atoms with Gasteiger partial charge >= 0.3 is 0 Å². The van der Waals surface area contributed by atoms with Gasteiger partial charge in [-0.15, -0.1) is 0 Å². The fourth-order valence-electron chi connectivity index (χ4n) is 2.37. The molecule has 7 heteroatoms. The van der Waals surface area contributed by atoms with E-state index in [1.54, 1.807) is 13.3 Å². The number of nitrogens with one attached hydrogen (secondary N) is 2. The number of aromatic nitrogens is 2. The van der Waals surface area contributed by atoms with Crippen LogP contribution in [0.1, 0.15) is 32.1 Å². The first-order valence-electron chi connectivity index (χ1n) is 7.14. The molecule has 20 heavy (non-hydrogen) atoms. The van der Waals surface area contributed by atoms with Crippen LogP contribution in [0.5, 0.6) is 0 Å². The van der Waals surface area contributed by atoms with Gasteiger partial charge in [-0.3, -0.25) is 10.1 Å². The average Bonchev–Trinajstić information content (AvgIpc) is 2.93. The second-order valence-electron chi connectivity index (χ2n) is 5.02. The predicted molar refractivity (Wildman–Crippen MR) is 79.4 cm³/mol. The summed E-state index contributed by atoms with van der Waals surface area (Å²) in [7, 11) is 1.68. The minimum atomic E-state index is 0.367. The second kappa shape index (κ2) is 7.86. The van der Waals surface area contributed by atoms with Crippen LogP contribution in [0.15, 0.2) is 17.4 Å². The molecular formula is C13H24N6O. The molecule has 0 aliphatic heterocycles. The van der Waals surface area contributed by atoms with Crippen molar-refractivity contribution in [2.45, 2.75) is 44.7 Å². The zero-order valence-corrected chi connectivity index (χ0v) is 12.0. The van der Waals surface area contributed by atoms with Crippen molar-refractivity contribution in [1.82, 2.24) is 15.2 Å². The van der Waals surface area contributed by atoms with Crippen LogP contribution in [0.2, 0.25) is 0 Å². The van der Waals surface area contributed by atoms with Crippen LogP contribution >= 0.6 is 0 Å². The maximum Gasteiger partial charge on any atom is 0.210 e. The van der Waals surface area contributed by atoms with Gasteiger partial charge in [-0.05, 0) is 12.8 Å². The highest BCUT2D eigenvalue weighted by Crippen LogP contribution is 2.20. The van der Waals surface area contributed by atoms with E-state index < -0.39 is 0 Å². The SMILES string of the molecule is COCCn1cc(NC(=NC2CCCCC2)NN)cn1. The number of rotatable bonds is 5. The quantitative estimate of drug-likeness (QED) is 0.325. The summed E-state index contributed by atoms with van der Waals surface area (Å²) in [5, 5.41) is 7.40. The molecule has 1 saturated carbocycles. The Hall–Kier alpha value is -1.60. The number of anilines is 1. The van der Waals surface area contributed by atoms with Crippen LogP contribution in [-0.2, 0) is 11.3 Å². The topological polar surface area (TPSA) is 89.5 Å². The molecule has 7 nitrogen and oxygen atoms in total. The summed E-state index contributed by atoms with van der Waals surface area (Å²) in [5.41, 5.74) is 3.50. The highest BCUT2D eigenvalue weighted by molar-refractivity contribution is 5.93. The van der Waals surface area contributed by atoms with Crippen LogP contribution in [0, 0.1) is 0 Å². The molecule has 0 atom stereocenters. The smallest absolute Gasteiger partial charge is 0.210 e. The minimum Gasteiger partial charge on any atom is -0.383 e. The number of nitrogens with zero attached hydrogens (tertiary/aromatic N) is 3. The molecule has 0 unspecified atom stereocenters. The summed E-state index contributed by atoms with van der Waals surface area (Å²) in [6.45, 7) is 1.36. The Balaban J connectivity index is 1.91. The third-order valence-electron chi connectivity index (χ3n) is 3.44. The molecule has 1 aliphatic carbocycles. The molecular weight excluding hydrogens is 256 g/mol. The van der Waals surface area contributed by atoms with E-state index >= 15 is 0 Å². The first-order chi connectivity index (χ1) is 9.81. The number of hydrazine groups is 1. The lowest BCUT2D eigenvalue weighted by Gasteiger charge is -2.19. The van der Waals surface area contributed by atoms with Crippen molar-refractivity contribution >= 4 is 11.6 Å². The van der Waals surface area contributed by atoms with Gasteiger partial charge in [-0.1, -0.05) is 19.3 Å². The van der Waals surface area contributed by atoms with E-state index in [2.05, 4.69) is 20.8 Å². The van der Waals surface area contributed by atoms with Crippen molar-refractivity contribution in [3.8, 4) is 0 Å². The zero-order chi connectivity index (χ0) is 14.2. The van der Waals surface area contributed by atoms with Crippen molar-refractivity contribution in [3.05, 3.63) is 12.4 Å². The lowest BCUT2D eigenvalue weighted by atomic mass is 9.96. The van der Waals surface area contributed by atoms with Crippen molar-refractivity contribution < 1.29 is 4.74 Å². The fourth-order valence-corrected chi connectivity index (χ4v) is 2.37. The zero-order valence-electron chi connectivity index (χ0n) is 12.0. The Morgan fingerprint density at radius 2 is 2.30 bits per heavy atom. The number of methoxy groups -OCH3 is 1. The number of hydrogen-bond acceptors (Lipinski definition) is 4. The first kappa shape index (κ1) is 14.8. The van der Waals surface area contributed by atoms with Gasteiger partial charge in [0.15, 0.2) is 0 Å². The fraction of sp³-hybridized carbons (Fsp3) is 0.692. The Morgan fingerprint density at radius 3 is 3.00 bits per heavy atom. The maximum atomic E-state index is 5.53. The molecule has 0 spiro atoms. The third kappa shape index (κ3) is 4.50. The average molecular weight is 280 g/mol. The monoisotopic (exact) mass is 280 g/mol. The Morgan fingerprint density at radius 1 is 1.50 bits per heavy atom. The van der Waals surface area contributed by atoms with Gasteiger partial charge < -0.3 is 10.1 Å². The van der Waals surface area contributed by atoms with Crippen molar-refractivity contribution in [1.29, 1.82) is 0 Å². The van der Waals surface area contributed by atoms with Crippen LogP contribution in [0.25, 0.3) is 0 Å². The van der Waals surface area contributed by atoms with Gasteiger partial charge in [0.2, 0.25) is 5.96 Å². The van der Waals surface area contributed by atoms with E-state index in [4.69, 9.17) is 10.6 Å². The number of hydrogen-bond donors (Lipinski definition) is 3. The van der Waals surface area contributed by atoms with Gasteiger partial charge in [-0.25, -0.2) is 10.8 Å². The van der Waals surface area contributed by atoms with E-state index in [-0.39, 0.29) is 0 Å². The molecule has 0 aromatic carbocycles. The largest absolute Gasteiger partial charge is 0.383 e. The van der Waals surface area contributed by atoms with Gasteiger partial charge in [0.1, 0.15) is 0 Å². The normalized spacial score (nSPS) is 17.2. The van der Waals surface area contributed by atoms with Gasteiger partial charge in [-0.2, -0.15) is 5.10 Å². The van der Waals surface area contributed by atoms with E-state index in [1.807, 2.05) is 10.9 Å². The van der Waals surface area contributed by atoms with Crippen LogP contribution in [0.3, 0.4) is 0 Å². The number of nitrogens with two attached hydrogens (primary N) is 1. The third-order valence-corrected chi connectivity index (χ3v) is 3.44. The Labute approximate surface area is 119 Å². The first-order valence-corrected chi connectivity index (χ1v) is 7.14. The van der Waals surface area contributed by atoms with E-state index in [0.717, 1.165) is 25.1 Å². The second-order valence-corrected chi connectivity index (χ2v) is 5.02. The van der Waals surface area contributed by atoms with Crippen LogP contribution in [-0.4, -0.2) is 35.5 Å². The summed E-state index contributed by atoms with van der Waals surface area (Å²) >= 11 is 0. The van der Waals surface area contributed by atoms with Crippen molar-refractivity contribution in [2.24, 2.45) is 10.8 Å². The molecule has 1 aromatic rings. The van der Waals surface area contributed by atoms with Gasteiger partial charge in [0.05, 0.1) is 31.1 Å². The highest BCUT2D eigenvalue weighted by atomic mass is 16.5. The molecule has 0 amide bonds. The minimum absolute atomic E-state index is 0.367. The molecule has 0 bridgehead atoms. The number of guanidine groups is 1. The van der Waals surface area contributed by atoms with Gasteiger partial charge in [0, 0.05) is 13.3 Å². The lowest BCUT2D eigenvalue weighted by molar-refractivity contribution is 0.183. The summed E-state index contributed by atoms with van der Waals surface area (Å²) in [4.78, 5) is 4.63. The van der Waals surface area contributed by atoms with Gasteiger partial charge in [0.25, 0.3) is 0 Å². The standard InChI is InChI=1S/C13H24N6O/c1-20-8-7-19-10-12(9-15-19)17-13(18-14)16-11-5-3-2-4-6-11/h9-11H,2-8,14H2,1H3,(H2,16,17,18). The summed E-state index contributed by atoms with van der Waals surface area (Å²) in [6, 6.07) is 0.367. The summed E-state index contributed by atoms with van der Waals surface area (Å²) in [5.74, 6) is 6.13. The molecule has 0 saturated heterocycles. The molecule has 2 rings (SSSR count). The van der Waals surface area contributed by atoms with Crippen LogP contribution < -0.4 is 16.6 Å². The highest BCUT2D eigenvalue weighted by Gasteiger charge is 2.13. The van der Waals surface area contributed by atoms with Crippen LogP contribution in [0.4, 0.5) is 5.69 Å². The van der Waals surface area contributed by atoms with E-state index in [0.29, 0.717) is 18.6 Å². The molecule has 1 aromatic heterocycles. The Kier molecular flexibility index (Phi) is 5.82. The van der Waals surface area contributed by atoms with Crippen molar-refractivity contribution in [2.75, 3.05) is 19.0 Å². The number of aliphatic imine (C=N–C) groups is 1. The summed E-state index contributed by atoms with van der Waals surface area (Å²) < 4.78 is 6.84. The molecule has 1 fully saturated rings. The van der Waals surface area contributed by atoms with E-state index in [9.17, 15) is 0 Å². The van der Waals surface area contributed by atoms with Crippen molar-refractivity contribution in [3.63, 3.8) is 0 Å². The predicted octanol–water partition coefficient (Wildman–Crippen LogP) is 1.09. The van der Waals surface area contributed by atoms with E-state index in [1.165, 1.54) is 19.3 Å². The summed E-state index contributed by atoms with van der Waals surface area (Å²) in [6.07, 6.45) is 9.76. The molecule has 0 radical (unpaired) electrons. The molecule has 1 heterocycles. The Bertz CT molecular complexity index is 424. The lowest BCUT2D eigenvalue weighted by Crippen LogP contribution is -2.37. The maximum absolute atomic E-state index is 5.53. The molecule has 1 aliphatic rings. The molecule has 112 valence electrons. The number of ether oxygens (including phenoxy) is 1. The molecule has 4 N–H and O–H groups in total.